The van der Waals surface area contributed by atoms with Gasteiger partial charge in [-0.15, -0.1) is 11.8 Å². The Morgan fingerprint density at radius 3 is 2.10 bits per heavy atom. The Morgan fingerprint density at radius 2 is 1.55 bits per heavy atom. The van der Waals surface area contributed by atoms with Crippen molar-refractivity contribution in [2.75, 3.05) is 11.5 Å². The number of carbonyl (C=O) groups excluding carboxylic acids is 2. The molecule has 152 valence electrons. The SMILES string of the molecule is CC(C)COc1ccc(N2C(=O)C(SC(C)C)=C(c3ccc(Cl)cc3)C2=O)cc1. The van der Waals surface area contributed by atoms with E-state index in [-0.39, 0.29) is 17.1 Å². The number of hydrogen-bond acceptors (Lipinski definition) is 4. The fourth-order valence-electron chi connectivity index (χ4n) is 2.91. The first-order valence-electron chi connectivity index (χ1n) is 9.56. The van der Waals surface area contributed by atoms with Crippen LogP contribution in [-0.4, -0.2) is 23.7 Å². The Labute approximate surface area is 180 Å². The largest absolute Gasteiger partial charge is 0.493 e. The predicted octanol–water partition coefficient (Wildman–Crippen LogP) is 5.80. The third-order valence-corrected chi connectivity index (χ3v) is 5.54. The maximum absolute atomic E-state index is 13.3. The smallest absolute Gasteiger partial charge is 0.272 e. The van der Waals surface area contributed by atoms with Crippen molar-refractivity contribution in [3.63, 3.8) is 0 Å². The highest BCUT2D eigenvalue weighted by Gasteiger charge is 2.40. The summed E-state index contributed by atoms with van der Waals surface area (Å²) in [4.78, 5) is 28.1. The lowest BCUT2D eigenvalue weighted by molar-refractivity contribution is -0.119. The van der Waals surface area contributed by atoms with Crippen LogP contribution in [-0.2, 0) is 9.59 Å². The maximum atomic E-state index is 13.3. The molecule has 6 heteroatoms. The summed E-state index contributed by atoms with van der Waals surface area (Å²) in [5, 5.41) is 0.744. The van der Waals surface area contributed by atoms with Crippen molar-refractivity contribution in [1.29, 1.82) is 0 Å². The number of halogens is 1. The van der Waals surface area contributed by atoms with Crippen molar-refractivity contribution in [3.05, 3.63) is 64.0 Å². The average molecular weight is 430 g/mol. The molecule has 2 amide bonds. The van der Waals surface area contributed by atoms with E-state index in [1.165, 1.54) is 16.7 Å². The minimum Gasteiger partial charge on any atom is -0.493 e. The molecular formula is C23H24ClNO3S. The lowest BCUT2D eigenvalue weighted by atomic mass is 10.1. The van der Waals surface area contributed by atoms with Crippen molar-refractivity contribution in [3.8, 4) is 5.75 Å². The Morgan fingerprint density at radius 1 is 0.931 bits per heavy atom. The molecule has 0 saturated heterocycles. The van der Waals surface area contributed by atoms with Crippen LogP contribution in [0.1, 0.15) is 33.3 Å². The number of hydrogen-bond donors (Lipinski definition) is 0. The normalized spacial score (nSPS) is 14.5. The molecule has 4 nitrogen and oxygen atoms in total. The van der Waals surface area contributed by atoms with E-state index in [2.05, 4.69) is 13.8 Å². The van der Waals surface area contributed by atoms with Crippen molar-refractivity contribution in [2.24, 2.45) is 5.92 Å². The van der Waals surface area contributed by atoms with Crippen LogP contribution in [0.15, 0.2) is 53.4 Å². The van der Waals surface area contributed by atoms with Gasteiger partial charge in [0, 0.05) is 10.3 Å². The molecule has 0 bridgehead atoms. The standard InChI is InChI=1S/C23H24ClNO3S/c1-14(2)13-28-19-11-9-18(10-12-19)25-22(26)20(16-5-7-17(24)8-6-16)21(23(25)27)29-15(3)4/h5-12,14-15H,13H2,1-4H3. The number of benzene rings is 2. The number of nitrogens with zero attached hydrogens (tertiary/aromatic N) is 1. The molecule has 29 heavy (non-hydrogen) atoms. The summed E-state index contributed by atoms with van der Waals surface area (Å²) in [5.41, 5.74) is 1.64. The molecule has 1 aliphatic heterocycles. The molecular weight excluding hydrogens is 406 g/mol. The van der Waals surface area contributed by atoms with Gasteiger partial charge in [-0.2, -0.15) is 0 Å². The quantitative estimate of drug-likeness (QED) is 0.522. The number of amides is 2. The van der Waals surface area contributed by atoms with E-state index in [1.54, 1.807) is 48.5 Å². The summed E-state index contributed by atoms with van der Waals surface area (Å²) in [6.45, 7) is 8.76. The fraction of sp³-hybridized carbons (Fsp3) is 0.304. The molecule has 3 rings (SSSR count). The Balaban J connectivity index is 1.93. The molecule has 2 aromatic carbocycles. The third-order valence-electron chi connectivity index (χ3n) is 4.21. The minimum absolute atomic E-state index is 0.163. The summed E-state index contributed by atoms with van der Waals surface area (Å²) in [6, 6.07) is 14.1. The van der Waals surface area contributed by atoms with Gasteiger partial charge < -0.3 is 4.74 Å². The van der Waals surface area contributed by atoms with E-state index in [0.29, 0.717) is 45.0 Å². The Kier molecular flexibility index (Phi) is 6.70. The van der Waals surface area contributed by atoms with Gasteiger partial charge in [-0.3, -0.25) is 9.59 Å². The summed E-state index contributed by atoms with van der Waals surface area (Å²) >= 11 is 7.40. The first-order valence-corrected chi connectivity index (χ1v) is 10.8. The molecule has 0 fully saturated rings. The lowest BCUT2D eigenvalue weighted by Crippen LogP contribution is -2.31. The lowest BCUT2D eigenvalue weighted by Gasteiger charge is -2.16. The monoisotopic (exact) mass is 429 g/mol. The van der Waals surface area contributed by atoms with Crippen LogP contribution in [0.25, 0.3) is 5.57 Å². The number of anilines is 1. The minimum atomic E-state index is -0.323. The Bertz CT molecular complexity index is 934. The fourth-order valence-corrected chi connectivity index (χ4v) is 4.03. The molecule has 0 unspecified atom stereocenters. The van der Waals surface area contributed by atoms with Crippen LogP contribution < -0.4 is 9.64 Å². The second kappa shape index (κ2) is 9.06. The van der Waals surface area contributed by atoms with Crippen molar-refractivity contribution in [1.82, 2.24) is 0 Å². The van der Waals surface area contributed by atoms with E-state index in [9.17, 15) is 9.59 Å². The highest BCUT2D eigenvalue weighted by Crippen LogP contribution is 2.40. The molecule has 0 aliphatic carbocycles. The van der Waals surface area contributed by atoms with E-state index >= 15 is 0 Å². The van der Waals surface area contributed by atoms with Gasteiger partial charge >= 0.3 is 0 Å². The number of imide groups is 1. The van der Waals surface area contributed by atoms with Gasteiger partial charge in [0.25, 0.3) is 11.8 Å². The summed E-state index contributed by atoms with van der Waals surface area (Å²) in [5.74, 6) is 0.508. The number of rotatable bonds is 7. The van der Waals surface area contributed by atoms with Gasteiger partial charge in [-0.05, 0) is 47.9 Å². The molecule has 1 aliphatic rings. The average Bonchev–Trinajstić information content (AvgIpc) is 2.91. The van der Waals surface area contributed by atoms with Crippen LogP contribution in [0.3, 0.4) is 0 Å². The maximum Gasteiger partial charge on any atom is 0.272 e. The van der Waals surface area contributed by atoms with Crippen molar-refractivity contribution in [2.45, 2.75) is 32.9 Å². The van der Waals surface area contributed by atoms with Crippen LogP contribution in [0.5, 0.6) is 5.75 Å². The first kappa shape index (κ1) is 21.5. The summed E-state index contributed by atoms with van der Waals surface area (Å²) in [6.07, 6.45) is 0. The third kappa shape index (κ3) is 4.85. The summed E-state index contributed by atoms with van der Waals surface area (Å²) in [7, 11) is 0. The molecule has 0 saturated carbocycles. The van der Waals surface area contributed by atoms with Crippen molar-refractivity contribution >= 4 is 46.4 Å². The predicted molar refractivity (Wildman–Crippen MR) is 120 cm³/mol. The second-order valence-electron chi connectivity index (χ2n) is 7.52. The van der Waals surface area contributed by atoms with Gasteiger partial charge in [0.1, 0.15) is 5.75 Å². The molecule has 1 heterocycles. The highest BCUT2D eigenvalue weighted by molar-refractivity contribution is 8.04. The zero-order valence-electron chi connectivity index (χ0n) is 16.9. The second-order valence-corrected chi connectivity index (χ2v) is 9.55. The van der Waals surface area contributed by atoms with Crippen LogP contribution in [0.2, 0.25) is 5.02 Å². The van der Waals surface area contributed by atoms with E-state index in [0.717, 1.165) is 0 Å². The van der Waals surface area contributed by atoms with Crippen LogP contribution in [0, 0.1) is 5.92 Å². The van der Waals surface area contributed by atoms with E-state index in [1.807, 2.05) is 13.8 Å². The zero-order chi connectivity index (χ0) is 21.1. The van der Waals surface area contributed by atoms with E-state index < -0.39 is 0 Å². The van der Waals surface area contributed by atoms with Gasteiger partial charge in [0.2, 0.25) is 0 Å². The first-order chi connectivity index (χ1) is 13.8. The van der Waals surface area contributed by atoms with Gasteiger partial charge in [-0.25, -0.2) is 4.90 Å². The molecule has 0 aromatic heterocycles. The molecule has 0 atom stereocenters. The van der Waals surface area contributed by atoms with Crippen LogP contribution >= 0.6 is 23.4 Å². The van der Waals surface area contributed by atoms with Crippen LogP contribution in [0.4, 0.5) is 5.69 Å². The molecule has 0 radical (unpaired) electrons. The number of thioether (sulfide) groups is 1. The molecule has 0 N–H and O–H groups in total. The summed E-state index contributed by atoms with van der Waals surface area (Å²) < 4.78 is 5.70. The topological polar surface area (TPSA) is 46.6 Å². The van der Waals surface area contributed by atoms with Gasteiger partial charge in [0.15, 0.2) is 0 Å². The number of ether oxygens (including phenoxy) is 1. The van der Waals surface area contributed by atoms with Crippen molar-refractivity contribution < 1.29 is 14.3 Å². The molecule has 0 spiro atoms. The zero-order valence-corrected chi connectivity index (χ0v) is 18.5. The van der Waals surface area contributed by atoms with Gasteiger partial charge in [0.05, 0.1) is 22.8 Å². The Hall–Kier alpha value is -2.24. The van der Waals surface area contributed by atoms with E-state index in [4.69, 9.17) is 16.3 Å². The number of carbonyl (C=O) groups is 2. The molecule has 2 aromatic rings. The highest BCUT2D eigenvalue weighted by atomic mass is 35.5. The van der Waals surface area contributed by atoms with Gasteiger partial charge in [-0.1, -0.05) is 51.4 Å².